The molecule has 1 spiro atoms. The number of carbonyl (C=O) groups excluding carboxylic acids is 1. The van der Waals surface area contributed by atoms with E-state index < -0.39 is 30.0 Å². The Hall–Kier alpha value is -1.97. The van der Waals surface area contributed by atoms with Crippen molar-refractivity contribution in [3.8, 4) is 0 Å². The third-order valence-electron chi connectivity index (χ3n) is 7.48. The van der Waals surface area contributed by atoms with Crippen LogP contribution in [0.3, 0.4) is 0 Å². The van der Waals surface area contributed by atoms with Crippen molar-refractivity contribution in [3.63, 3.8) is 0 Å². The van der Waals surface area contributed by atoms with Crippen LogP contribution in [-0.4, -0.2) is 54.2 Å². The first-order chi connectivity index (χ1) is 15.8. The van der Waals surface area contributed by atoms with Gasteiger partial charge >= 0.3 is 6.18 Å². The highest BCUT2D eigenvalue weighted by molar-refractivity contribution is 7.11. The van der Waals surface area contributed by atoms with E-state index in [2.05, 4.69) is 15.6 Å². The highest BCUT2D eigenvalue weighted by atomic mass is 32.1. The Bertz CT molecular complexity index is 1010. The van der Waals surface area contributed by atoms with Gasteiger partial charge in [0.2, 0.25) is 5.91 Å². The van der Waals surface area contributed by atoms with Gasteiger partial charge in [-0.15, -0.1) is 11.3 Å². The zero-order valence-electron chi connectivity index (χ0n) is 18.6. The fourth-order valence-corrected chi connectivity index (χ4v) is 7.18. The molecular formula is C24H29F3N4OS. The van der Waals surface area contributed by atoms with E-state index in [1.54, 1.807) is 16.2 Å². The average Bonchev–Trinajstić information content (AvgIpc) is 3.37. The van der Waals surface area contributed by atoms with Crippen LogP contribution in [-0.2, 0) is 16.8 Å². The molecule has 2 fully saturated rings. The topological polar surface area (TPSA) is 57.3 Å². The molecule has 3 aliphatic heterocycles. The van der Waals surface area contributed by atoms with Crippen LogP contribution in [0.25, 0.3) is 0 Å². The molecule has 4 atom stereocenters. The number of nitrogens with one attached hydrogen (secondary N) is 2. The average molecular weight is 479 g/mol. The van der Waals surface area contributed by atoms with Crippen LogP contribution < -0.4 is 10.6 Å². The quantitative estimate of drug-likeness (QED) is 0.706. The number of hydrogen-bond acceptors (Lipinski definition) is 5. The molecule has 3 aliphatic rings. The fourth-order valence-electron chi connectivity index (χ4n) is 6.00. The molecule has 1 aromatic carbocycles. The maximum absolute atomic E-state index is 13.9. The van der Waals surface area contributed by atoms with Gasteiger partial charge in [-0.3, -0.25) is 4.79 Å². The molecule has 1 amide bonds. The predicted octanol–water partition coefficient (Wildman–Crippen LogP) is 3.74. The van der Waals surface area contributed by atoms with Crippen LogP contribution in [0, 0.1) is 12.8 Å². The lowest BCUT2D eigenvalue weighted by Gasteiger charge is -2.44. The lowest BCUT2D eigenvalue weighted by Crippen LogP contribution is -2.56. The van der Waals surface area contributed by atoms with Gasteiger partial charge in [-0.05, 0) is 31.2 Å². The van der Waals surface area contributed by atoms with Gasteiger partial charge < -0.3 is 15.5 Å². The fraction of sp³-hybridized carbons (Fsp3) is 0.583. The Kier molecular flexibility index (Phi) is 5.99. The minimum absolute atomic E-state index is 0.0327. The molecular weight excluding hydrogens is 449 g/mol. The Morgan fingerprint density at radius 2 is 2.00 bits per heavy atom. The van der Waals surface area contributed by atoms with Crippen LogP contribution in [0.1, 0.15) is 46.3 Å². The smallest absolute Gasteiger partial charge is 0.339 e. The molecule has 2 saturated heterocycles. The van der Waals surface area contributed by atoms with Gasteiger partial charge in [0.1, 0.15) is 0 Å². The number of nitrogens with zero attached hydrogens (tertiary/aromatic N) is 2. The first-order valence-corrected chi connectivity index (χ1v) is 12.4. The summed E-state index contributed by atoms with van der Waals surface area (Å²) in [6, 6.07) is 8.87. The van der Waals surface area contributed by atoms with E-state index in [1.807, 2.05) is 37.3 Å². The van der Waals surface area contributed by atoms with Crippen molar-refractivity contribution in [2.75, 3.05) is 26.2 Å². The maximum atomic E-state index is 13.9. The molecule has 4 heterocycles. The second kappa shape index (κ2) is 8.67. The summed E-state index contributed by atoms with van der Waals surface area (Å²) in [6.07, 6.45) is -4.26. The molecule has 0 saturated carbocycles. The second-order valence-electron chi connectivity index (χ2n) is 9.59. The Balaban J connectivity index is 1.43. The number of halogens is 3. The Morgan fingerprint density at radius 1 is 1.24 bits per heavy atom. The van der Waals surface area contributed by atoms with E-state index in [0.717, 1.165) is 21.1 Å². The SMILES string of the molecule is Cc1nc2c(s1)C1(CNC2)CNCC1C(=O)N1CCC(c2ccccc2)CC1CC(F)(F)F. The van der Waals surface area contributed by atoms with Crippen molar-refractivity contribution < 1.29 is 18.0 Å². The molecule has 1 aromatic heterocycles. The van der Waals surface area contributed by atoms with E-state index in [9.17, 15) is 18.0 Å². The van der Waals surface area contributed by atoms with Crippen LogP contribution in [0.2, 0.25) is 0 Å². The van der Waals surface area contributed by atoms with Crippen LogP contribution in [0.4, 0.5) is 13.2 Å². The zero-order chi connectivity index (χ0) is 23.2. The molecule has 33 heavy (non-hydrogen) atoms. The van der Waals surface area contributed by atoms with Crippen molar-refractivity contribution in [2.24, 2.45) is 5.92 Å². The molecule has 4 unspecified atom stereocenters. The standard InChI is InChI=1S/C24H29F3N4OS/c1-15-30-20-12-29-14-23(21(20)33-15)13-28-11-19(23)22(32)31-8-7-17(16-5-3-2-4-6-16)9-18(31)10-24(25,26)27/h2-6,17-19,28-29H,7-14H2,1H3. The molecule has 178 valence electrons. The highest BCUT2D eigenvalue weighted by Gasteiger charge is 2.54. The number of alkyl halides is 3. The number of rotatable bonds is 3. The zero-order valence-corrected chi connectivity index (χ0v) is 19.4. The summed E-state index contributed by atoms with van der Waals surface area (Å²) in [5, 5.41) is 7.73. The van der Waals surface area contributed by atoms with Gasteiger partial charge in [-0.2, -0.15) is 13.2 Å². The van der Waals surface area contributed by atoms with Crippen LogP contribution in [0.5, 0.6) is 0 Å². The lowest BCUT2D eigenvalue weighted by atomic mass is 9.73. The number of aryl methyl sites for hydroxylation is 1. The highest BCUT2D eigenvalue weighted by Crippen LogP contribution is 2.45. The summed E-state index contributed by atoms with van der Waals surface area (Å²) in [5.74, 6) is -0.514. The number of carbonyl (C=O) groups is 1. The van der Waals surface area contributed by atoms with Gasteiger partial charge in [-0.25, -0.2) is 4.98 Å². The number of benzene rings is 1. The number of amides is 1. The number of fused-ring (bicyclic) bond motifs is 2. The Morgan fingerprint density at radius 3 is 2.76 bits per heavy atom. The number of aromatic nitrogens is 1. The molecule has 0 aliphatic carbocycles. The van der Waals surface area contributed by atoms with Crippen molar-refractivity contribution >= 4 is 17.2 Å². The first-order valence-electron chi connectivity index (χ1n) is 11.6. The maximum Gasteiger partial charge on any atom is 0.391 e. The monoisotopic (exact) mass is 478 g/mol. The van der Waals surface area contributed by atoms with E-state index in [0.29, 0.717) is 45.6 Å². The van der Waals surface area contributed by atoms with Crippen molar-refractivity contribution in [3.05, 3.63) is 51.5 Å². The first kappa shape index (κ1) is 22.8. The predicted molar refractivity (Wildman–Crippen MR) is 121 cm³/mol. The van der Waals surface area contributed by atoms with E-state index in [4.69, 9.17) is 0 Å². The van der Waals surface area contributed by atoms with Crippen molar-refractivity contribution in [1.82, 2.24) is 20.5 Å². The Labute approximate surface area is 195 Å². The molecule has 0 radical (unpaired) electrons. The van der Waals surface area contributed by atoms with Crippen LogP contribution >= 0.6 is 11.3 Å². The minimum atomic E-state index is -4.32. The summed E-state index contributed by atoms with van der Waals surface area (Å²) in [7, 11) is 0. The lowest BCUT2D eigenvalue weighted by molar-refractivity contribution is -0.160. The molecule has 2 N–H and O–H groups in total. The molecule has 0 bridgehead atoms. The van der Waals surface area contributed by atoms with E-state index >= 15 is 0 Å². The second-order valence-corrected chi connectivity index (χ2v) is 10.8. The van der Waals surface area contributed by atoms with Gasteiger partial charge in [0.25, 0.3) is 0 Å². The molecule has 9 heteroatoms. The summed E-state index contributed by atoms with van der Waals surface area (Å²) in [6.45, 7) is 4.73. The van der Waals surface area contributed by atoms with E-state index in [1.165, 1.54) is 0 Å². The molecule has 5 nitrogen and oxygen atoms in total. The third-order valence-corrected chi connectivity index (χ3v) is 8.71. The van der Waals surface area contributed by atoms with Crippen LogP contribution in [0.15, 0.2) is 30.3 Å². The summed E-state index contributed by atoms with van der Waals surface area (Å²) >= 11 is 1.62. The minimum Gasteiger partial charge on any atom is -0.339 e. The van der Waals surface area contributed by atoms with E-state index in [-0.39, 0.29) is 11.8 Å². The van der Waals surface area contributed by atoms with Crippen molar-refractivity contribution in [1.29, 1.82) is 0 Å². The number of piperidine rings is 1. The normalized spacial score (nSPS) is 29.9. The van der Waals surface area contributed by atoms with Gasteiger partial charge in [0, 0.05) is 49.1 Å². The third kappa shape index (κ3) is 4.31. The van der Waals surface area contributed by atoms with Gasteiger partial charge in [-0.1, -0.05) is 30.3 Å². The number of hydrogen-bond donors (Lipinski definition) is 2. The molecule has 2 aromatic rings. The summed E-state index contributed by atoms with van der Waals surface area (Å²) < 4.78 is 40.7. The number of thiazole rings is 1. The number of likely N-dealkylation sites (tertiary alicyclic amines) is 1. The molecule has 5 rings (SSSR count). The van der Waals surface area contributed by atoms with Crippen molar-refractivity contribution in [2.45, 2.75) is 56.3 Å². The summed E-state index contributed by atoms with van der Waals surface area (Å²) in [5.41, 5.74) is 1.58. The van der Waals surface area contributed by atoms with Gasteiger partial charge in [0.15, 0.2) is 0 Å². The largest absolute Gasteiger partial charge is 0.391 e. The summed E-state index contributed by atoms with van der Waals surface area (Å²) in [4.78, 5) is 21.2. The van der Waals surface area contributed by atoms with Gasteiger partial charge in [0.05, 0.1) is 23.0 Å².